The molecule has 1 N–H and O–H groups in total. The lowest BCUT2D eigenvalue weighted by molar-refractivity contribution is 0.0600. The number of allylic oxidation sites excluding steroid dienone is 2. The number of carbonyl (C=O) groups excluding carboxylic acids is 1. The molecule has 0 bridgehead atoms. The van der Waals surface area contributed by atoms with E-state index in [4.69, 9.17) is 15.8 Å². The largest absolute Gasteiger partial charge is 0.465 e. The van der Waals surface area contributed by atoms with E-state index in [1.807, 2.05) is 0 Å². The number of hydrogen-bond donors (Lipinski definition) is 1. The number of methoxy groups -OCH3 is 1. The third-order valence-electron chi connectivity index (χ3n) is 2.49. The van der Waals surface area contributed by atoms with Gasteiger partial charge in [0.05, 0.1) is 12.7 Å². The number of carbonyl (C=O) groups is 1. The second-order valence-corrected chi connectivity index (χ2v) is 3.73. The monoisotopic (exact) mass is 266 g/mol. The molecule has 1 aromatic rings. The maximum atomic E-state index is 11.4. The van der Waals surface area contributed by atoms with E-state index in [1.54, 1.807) is 37.3 Å². The van der Waals surface area contributed by atoms with Crippen LogP contribution in [0.3, 0.4) is 0 Å². The molecule has 0 aliphatic carbocycles. The predicted octanol–water partition coefficient (Wildman–Crippen LogP) is 2.02. The van der Waals surface area contributed by atoms with E-state index < -0.39 is 5.97 Å². The van der Waals surface area contributed by atoms with Crippen LogP contribution in [0.4, 0.5) is 5.69 Å². The van der Waals surface area contributed by atoms with Gasteiger partial charge in [0, 0.05) is 5.69 Å². The summed E-state index contributed by atoms with van der Waals surface area (Å²) in [5.41, 5.74) is 1.14. The Hall–Kier alpha value is -3.30. The van der Waals surface area contributed by atoms with Crippen molar-refractivity contribution in [3.8, 4) is 18.2 Å². The predicted molar refractivity (Wildman–Crippen MR) is 70.0 cm³/mol. The van der Waals surface area contributed by atoms with Gasteiger partial charge in [-0.3, -0.25) is 0 Å². The van der Waals surface area contributed by atoms with Crippen LogP contribution in [0, 0.1) is 40.9 Å². The van der Waals surface area contributed by atoms with Crippen molar-refractivity contribution in [2.24, 2.45) is 0 Å². The van der Waals surface area contributed by atoms with Gasteiger partial charge in [-0.25, -0.2) is 4.79 Å². The van der Waals surface area contributed by atoms with Crippen LogP contribution in [0.5, 0.6) is 0 Å². The SMILES string of the molecule is COC(=O)c1ccc(NC(C#N)=C(C#N)C#N)c(C)c1. The molecule has 0 amide bonds. The number of benzene rings is 1. The minimum Gasteiger partial charge on any atom is -0.465 e. The van der Waals surface area contributed by atoms with E-state index in [2.05, 4.69) is 10.1 Å². The summed E-state index contributed by atoms with van der Waals surface area (Å²) in [7, 11) is 1.28. The Bertz CT molecular complexity index is 683. The van der Waals surface area contributed by atoms with Gasteiger partial charge in [0.2, 0.25) is 0 Å². The first-order valence-corrected chi connectivity index (χ1v) is 5.48. The van der Waals surface area contributed by atoms with Crippen molar-refractivity contribution in [3.63, 3.8) is 0 Å². The average Bonchev–Trinajstić information content (AvgIpc) is 2.47. The molecule has 0 unspecified atom stereocenters. The number of nitrogens with zero attached hydrogens (tertiary/aromatic N) is 3. The van der Waals surface area contributed by atoms with E-state index in [9.17, 15) is 4.79 Å². The van der Waals surface area contributed by atoms with Crippen molar-refractivity contribution in [2.75, 3.05) is 12.4 Å². The zero-order valence-electron chi connectivity index (χ0n) is 10.9. The highest BCUT2D eigenvalue weighted by Crippen LogP contribution is 2.19. The highest BCUT2D eigenvalue weighted by molar-refractivity contribution is 5.90. The molecule has 0 aromatic heterocycles. The fourth-order valence-electron chi connectivity index (χ4n) is 1.47. The number of ether oxygens (including phenoxy) is 1. The highest BCUT2D eigenvalue weighted by Gasteiger charge is 2.10. The Balaban J connectivity index is 3.16. The van der Waals surface area contributed by atoms with Crippen LogP contribution in [0.15, 0.2) is 29.5 Å². The molecule has 0 heterocycles. The molecule has 98 valence electrons. The van der Waals surface area contributed by atoms with Crippen LogP contribution in [0.1, 0.15) is 15.9 Å². The number of esters is 1. The standard InChI is InChI=1S/C14H10N4O2/c1-9-5-10(14(19)20-2)3-4-12(9)18-13(8-17)11(6-15)7-16/h3-5,18H,1-2H3. The number of nitrogens with one attached hydrogen (secondary N) is 1. The summed E-state index contributed by atoms with van der Waals surface area (Å²) in [6.07, 6.45) is 0. The zero-order valence-corrected chi connectivity index (χ0v) is 10.9. The number of hydrogen-bond acceptors (Lipinski definition) is 6. The molecule has 20 heavy (non-hydrogen) atoms. The smallest absolute Gasteiger partial charge is 0.337 e. The van der Waals surface area contributed by atoms with E-state index in [-0.39, 0.29) is 11.3 Å². The molecule has 1 rings (SSSR count). The molecule has 1 aromatic carbocycles. The van der Waals surface area contributed by atoms with Crippen molar-refractivity contribution in [3.05, 3.63) is 40.6 Å². The molecule has 0 atom stereocenters. The maximum absolute atomic E-state index is 11.4. The molecular formula is C14H10N4O2. The van der Waals surface area contributed by atoms with Crippen LogP contribution in [0.25, 0.3) is 0 Å². The number of rotatable bonds is 3. The lowest BCUT2D eigenvalue weighted by atomic mass is 10.1. The normalized spacial score (nSPS) is 8.55. The summed E-state index contributed by atoms with van der Waals surface area (Å²) in [6, 6.07) is 9.72. The molecule has 0 fully saturated rings. The molecule has 6 heteroatoms. The first kappa shape index (κ1) is 14.8. The van der Waals surface area contributed by atoms with E-state index in [1.165, 1.54) is 13.2 Å². The third kappa shape index (κ3) is 3.13. The Morgan fingerprint density at radius 2 is 1.85 bits per heavy atom. The summed E-state index contributed by atoms with van der Waals surface area (Å²) >= 11 is 0. The van der Waals surface area contributed by atoms with Crippen molar-refractivity contribution in [1.29, 1.82) is 15.8 Å². The van der Waals surface area contributed by atoms with Gasteiger partial charge in [0.25, 0.3) is 0 Å². The van der Waals surface area contributed by atoms with Gasteiger partial charge in [0.1, 0.15) is 23.9 Å². The van der Waals surface area contributed by atoms with E-state index >= 15 is 0 Å². The number of nitriles is 3. The Morgan fingerprint density at radius 1 is 1.20 bits per heavy atom. The second kappa shape index (κ2) is 6.58. The minimum atomic E-state index is -0.467. The van der Waals surface area contributed by atoms with Gasteiger partial charge in [0.15, 0.2) is 5.57 Å². The molecular weight excluding hydrogens is 256 g/mol. The van der Waals surface area contributed by atoms with Gasteiger partial charge in [-0.05, 0) is 30.7 Å². The first-order chi connectivity index (χ1) is 9.57. The molecule has 0 radical (unpaired) electrons. The fourth-order valence-corrected chi connectivity index (χ4v) is 1.47. The first-order valence-electron chi connectivity index (χ1n) is 5.48. The zero-order chi connectivity index (χ0) is 15.1. The minimum absolute atomic E-state index is 0.135. The van der Waals surface area contributed by atoms with Gasteiger partial charge < -0.3 is 10.1 Å². The topological polar surface area (TPSA) is 110 Å². The second-order valence-electron chi connectivity index (χ2n) is 3.73. The summed E-state index contributed by atoms with van der Waals surface area (Å²) < 4.78 is 4.60. The Morgan fingerprint density at radius 3 is 2.30 bits per heavy atom. The molecule has 0 spiro atoms. The number of anilines is 1. The maximum Gasteiger partial charge on any atom is 0.337 e. The summed E-state index contributed by atoms with van der Waals surface area (Å²) in [5.74, 6) is -0.467. The lowest BCUT2D eigenvalue weighted by Crippen LogP contribution is -2.05. The van der Waals surface area contributed by atoms with Crippen LogP contribution in [0.2, 0.25) is 0 Å². The Kier molecular flexibility index (Phi) is 4.86. The fraction of sp³-hybridized carbons (Fsp3) is 0.143. The molecule has 0 saturated heterocycles. The quantitative estimate of drug-likeness (QED) is 0.662. The highest BCUT2D eigenvalue weighted by atomic mass is 16.5. The van der Waals surface area contributed by atoms with Crippen LogP contribution < -0.4 is 5.32 Å². The van der Waals surface area contributed by atoms with Gasteiger partial charge in [-0.2, -0.15) is 15.8 Å². The van der Waals surface area contributed by atoms with Gasteiger partial charge in [-0.1, -0.05) is 0 Å². The van der Waals surface area contributed by atoms with Crippen LogP contribution in [-0.2, 0) is 4.74 Å². The lowest BCUT2D eigenvalue weighted by Gasteiger charge is -2.09. The van der Waals surface area contributed by atoms with Crippen molar-refractivity contribution in [2.45, 2.75) is 6.92 Å². The summed E-state index contributed by atoms with van der Waals surface area (Å²) in [5, 5.41) is 29.1. The van der Waals surface area contributed by atoms with Gasteiger partial charge >= 0.3 is 5.97 Å². The van der Waals surface area contributed by atoms with Crippen molar-refractivity contribution >= 4 is 11.7 Å². The van der Waals surface area contributed by atoms with Crippen molar-refractivity contribution in [1.82, 2.24) is 0 Å². The molecule has 0 aliphatic rings. The van der Waals surface area contributed by atoms with Crippen LogP contribution >= 0.6 is 0 Å². The van der Waals surface area contributed by atoms with Crippen molar-refractivity contribution < 1.29 is 9.53 Å². The molecule has 0 saturated carbocycles. The third-order valence-corrected chi connectivity index (χ3v) is 2.49. The summed E-state index contributed by atoms with van der Waals surface area (Å²) in [4.78, 5) is 11.4. The number of aryl methyl sites for hydroxylation is 1. The summed E-state index contributed by atoms with van der Waals surface area (Å²) in [6.45, 7) is 1.72. The average molecular weight is 266 g/mol. The van der Waals surface area contributed by atoms with Crippen LogP contribution in [-0.4, -0.2) is 13.1 Å². The molecule has 6 nitrogen and oxygen atoms in total. The Labute approximate surface area is 116 Å². The van der Waals surface area contributed by atoms with E-state index in [0.29, 0.717) is 16.8 Å². The van der Waals surface area contributed by atoms with Gasteiger partial charge in [-0.15, -0.1) is 0 Å². The van der Waals surface area contributed by atoms with E-state index in [0.717, 1.165) is 0 Å². The molecule has 0 aliphatic heterocycles.